The highest BCUT2D eigenvalue weighted by atomic mass is 16.2. The van der Waals surface area contributed by atoms with Crippen molar-refractivity contribution in [2.75, 3.05) is 6.54 Å². The molecule has 0 atom stereocenters. The van der Waals surface area contributed by atoms with Crippen molar-refractivity contribution in [2.45, 2.75) is 47.6 Å². The number of hydrogen-bond donors (Lipinski definition) is 1. The molecule has 4 aromatic rings. The molecule has 2 aromatic heterocycles. The normalized spacial score (nSPS) is 11.3. The van der Waals surface area contributed by atoms with Crippen molar-refractivity contribution in [1.29, 1.82) is 0 Å². The van der Waals surface area contributed by atoms with Gasteiger partial charge in [-0.3, -0.25) is 4.79 Å². The van der Waals surface area contributed by atoms with Crippen LogP contribution in [0.2, 0.25) is 0 Å². The lowest BCUT2D eigenvalue weighted by Crippen LogP contribution is -2.32. The number of aromatic amines is 1. The van der Waals surface area contributed by atoms with E-state index >= 15 is 0 Å². The van der Waals surface area contributed by atoms with E-state index < -0.39 is 0 Å². The van der Waals surface area contributed by atoms with Gasteiger partial charge in [0.15, 0.2) is 0 Å². The van der Waals surface area contributed by atoms with E-state index in [0.29, 0.717) is 6.54 Å². The van der Waals surface area contributed by atoms with Crippen LogP contribution in [0.4, 0.5) is 0 Å². The van der Waals surface area contributed by atoms with Gasteiger partial charge in [0.1, 0.15) is 5.82 Å². The molecule has 32 heavy (non-hydrogen) atoms. The number of carbonyl (C=O) groups excluding carboxylic acids is 1. The Morgan fingerprint density at radius 1 is 1.03 bits per heavy atom. The summed E-state index contributed by atoms with van der Waals surface area (Å²) in [6.45, 7) is 11.6. The second-order valence-electron chi connectivity index (χ2n) is 8.77. The molecule has 1 amide bonds. The van der Waals surface area contributed by atoms with E-state index in [1.54, 1.807) is 0 Å². The Morgan fingerprint density at radius 3 is 2.44 bits per heavy atom. The van der Waals surface area contributed by atoms with Gasteiger partial charge < -0.3 is 14.5 Å². The number of hydrogen-bond acceptors (Lipinski definition) is 2. The molecule has 0 unspecified atom stereocenters. The van der Waals surface area contributed by atoms with Gasteiger partial charge in [-0.25, -0.2) is 4.98 Å². The van der Waals surface area contributed by atoms with E-state index in [4.69, 9.17) is 0 Å². The van der Waals surface area contributed by atoms with Crippen LogP contribution < -0.4 is 0 Å². The third kappa shape index (κ3) is 4.07. The maximum atomic E-state index is 13.4. The maximum Gasteiger partial charge on any atom is 0.255 e. The fourth-order valence-corrected chi connectivity index (χ4v) is 4.31. The predicted octanol–water partition coefficient (Wildman–Crippen LogP) is 5.85. The molecule has 5 heteroatoms. The molecule has 166 valence electrons. The number of amides is 1. The fraction of sp³-hybridized carbons (Fsp3) is 0.333. The van der Waals surface area contributed by atoms with Gasteiger partial charge in [0.05, 0.1) is 16.6 Å². The summed E-state index contributed by atoms with van der Waals surface area (Å²) in [6.07, 6.45) is 0.922. The summed E-state index contributed by atoms with van der Waals surface area (Å²) < 4.78 is 2.08. The molecule has 0 radical (unpaired) electrons. The Morgan fingerprint density at radius 2 is 1.75 bits per heavy atom. The van der Waals surface area contributed by atoms with Gasteiger partial charge >= 0.3 is 0 Å². The van der Waals surface area contributed by atoms with E-state index in [1.807, 2.05) is 38.8 Å². The molecule has 0 fully saturated rings. The second kappa shape index (κ2) is 8.65. The van der Waals surface area contributed by atoms with Crippen molar-refractivity contribution < 1.29 is 4.79 Å². The monoisotopic (exact) mass is 428 g/mol. The summed E-state index contributed by atoms with van der Waals surface area (Å²) in [5.41, 5.74) is 9.60. The van der Waals surface area contributed by atoms with Gasteiger partial charge in [-0.05, 0) is 80.6 Å². The number of H-pyrrole nitrogens is 1. The largest absolute Gasteiger partial charge is 0.351 e. The Bertz CT molecular complexity index is 1290. The molecular formula is C27H32N4O. The highest BCUT2D eigenvalue weighted by Gasteiger charge is 2.21. The highest BCUT2D eigenvalue weighted by molar-refractivity contribution is 5.95. The first-order chi connectivity index (χ1) is 15.3. The summed E-state index contributed by atoms with van der Waals surface area (Å²) in [5, 5.41) is 0. The first-order valence-electron chi connectivity index (χ1n) is 11.3. The van der Waals surface area contributed by atoms with Crippen molar-refractivity contribution in [3.05, 3.63) is 76.4 Å². The van der Waals surface area contributed by atoms with Crippen LogP contribution in [0.25, 0.3) is 22.2 Å². The first-order valence-corrected chi connectivity index (χ1v) is 11.3. The number of carbonyl (C=O) groups is 1. The van der Waals surface area contributed by atoms with Gasteiger partial charge in [0.25, 0.3) is 5.91 Å². The maximum absolute atomic E-state index is 13.4. The van der Waals surface area contributed by atoms with Crippen molar-refractivity contribution in [3.8, 4) is 11.1 Å². The van der Waals surface area contributed by atoms with E-state index in [0.717, 1.165) is 57.9 Å². The Kier molecular flexibility index (Phi) is 5.92. The second-order valence-corrected chi connectivity index (χ2v) is 8.77. The molecule has 0 aliphatic rings. The molecule has 2 aromatic carbocycles. The zero-order valence-corrected chi connectivity index (χ0v) is 19.9. The van der Waals surface area contributed by atoms with Gasteiger partial charge in [-0.2, -0.15) is 0 Å². The summed E-state index contributed by atoms with van der Waals surface area (Å²) in [5.74, 6) is 1.02. The van der Waals surface area contributed by atoms with Crippen molar-refractivity contribution in [3.63, 3.8) is 0 Å². The quantitative estimate of drug-likeness (QED) is 0.418. The summed E-state index contributed by atoms with van der Waals surface area (Å²) in [6, 6.07) is 14.8. The number of nitrogens with one attached hydrogen (secondary N) is 1. The molecule has 0 saturated heterocycles. The summed E-state index contributed by atoms with van der Waals surface area (Å²) in [4.78, 5) is 23.2. The van der Waals surface area contributed by atoms with Gasteiger partial charge in [-0.15, -0.1) is 0 Å². The molecule has 0 spiro atoms. The van der Waals surface area contributed by atoms with Crippen molar-refractivity contribution in [2.24, 2.45) is 7.05 Å². The number of aromatic nitrogens is 3. The van der Waals surface area contributed by atoms with E-state index in [9.17, 15) is 4.79 Å². The predicted molar refractivity (Wildman–Crippen MR) is 131 cm³/mol. The smallest absolute Gasteiger partial charge is 0.255 e. The Hall–Kier alpha value is -3.34. The number of rotatable bonds is 6. The van der Waals surface area contributed by atoms with Crippen LogP contribution in [-0.2, 0) is 13.6 Å². The lowest BCUT2D eigenvalue weighted by Gasteiger charge is -2.24. The van der Waals surface area contributed by atoms with Crippen LogP contribution >= 0.6 is 0 Å². The Balaban J connectivity index is 1.66. The minimum absolute atomic E-state index is 0.104. The number of fused-ring (bicyclic) bond motifs is 1. The molecule has 1 N–H and O–H groups in total. The highest BCUT2D eigenvalue weighted by Crippen LogP contribution is 2.27. The summed E-state index contributed by atoms with van der Waals surface area (Å²) in [7, 11) is 2.01. The van der Waals surface area contributed by atoms with E-state index in [1.165, 1.54) is 11.1 Å². The SMILES string of the molecule is CCCN(Cc1cc(-c2ccc3nc(C)[nH]c3c2)ccc1C)C(=O)c1cc(C)n(C)c1C. The Labute approximate surface area is 190 Å². The topological polar surface area (TPSA) is 53.9 Å². The zero-order chi connectivity index (χ0) is 23.0. The third-order valence-electron chi connectivity index (χ3n) is 6.43. The molecule has 5 nitrogen and oxygen atoms in total. The minimum Gasteiger partial charge on any atom is -0.351 e. The lowest BCUT2D eigenvalue weighted by molar-refractivity contribution is 0.0742. The number of nitrogens with zero attached hydrogens (tertiary/aromatic N) is 3. The summed E-state index contributed by atoms with van der Waals surface area (Å²) >= 11 is 0. The minimum atomic E-state index is 0.104. The number of benzene rings is 2. The van der Waals surface area contributed by atoms with E-state index in [2.05, 4.69) is 64.8 Å². The first kappa shape index (κ1) is 21.9. The van der Waals surface area contributed by atoms with Crippen LogP contribution in [0.5, 0.6) is 0 Å². The van der Waals surface area contributed by atoms with Crippen LogP contribution in [0.1, 0.15) is 52.0 Å². The molecule has 0 aliphatic carbocycles. The van der Waals surface area contributed by atoms with Crippen LogP contribution in [0.15, 0.2) is 42.5 Å². The van der Waals surface area contributed by atoms with Crippen LogP contribution in [0, 0.1) is 27.7 Å². The van der Waals surface area contributed by atoms with Crippen molar-refractivity contribution in [1.82, 2.24) is 19.4 Å². The van der Waals surface area contributed by atoms with Gasteiger partial charge in [0.2, 0.25) is 0 Å². The zero-order valence-electron chi connectivity index (χ0n) is 19.9. The fourth-order valence-electron chi connectivity index (χ4n) is 4.31. The number of aryl methyl sites for hydroxylation is 3. The molecule has 0 aliphatic heterocycles. The standard InChI is InChI=1S/C27H32N4O/c1-7-12-31(27(32)24-13-18(3)30(6)19(24)4)16-23-14-21(9-8-17(23)2)22-10-11-25-26(15-22)29-20(5)28-25/h8-11,13-15H,7,12,16H2,1-6H3,(H,28,29). The average molecular weight is 429 g/mol. The molecule has 0 bridgehead atoms. The van der Waals surface area contributed by atoms with Gasteiger partial charge in [-0.1, -0.05) is 25.1 Å². The molecule has 4 rings (SSSR count). The average Bonchev–Trinajstić information content (AvgIpc) is 3.27. The third-order valence-corrected chi connectivity index (χ3v) is 6.43. The lowest BCUT2D eigenvalue weighted by atomic mass is 9.99. The number of imidazole rings is 1. The van der Waals surface area contributed by atoms with Crippen molar-refractivity contribution >= 4 is 16.9 Å². The van der Waals surface area contributed by atoms with Crippen LogP contribution in [-0.4, -0.2) is 31.9 Å². The molecule has 2 heterocycles. The molecular weight excluding hydrogens is 396 g/mol. The molecule has 0 saturated carbocycles. The van der Waals surface area contributed by atoms with E-state index in [-0.39, 0.29) is 5.91 Å². The van der Waals surface area contributed by atoms with Gasteiger partial charge in [0, 0.05) is 31.5 Å². The van der Waals surface area contributed by atoms with Crippen LogP contribution in [0.3, 0.4) is 0 Å².